The summed E-state index contributed by atoms with van der Waals surface area (Å²) >= 11 is 0. The van der Waals surface area contributed by atoms with Crippen LogP contribution < -0.4 is 0 Å². The fraction of sp³-hybridized carbons (Fsp3) is 0. The van der Waals surface area contributed by atoms with Gasteiger partial charge < -0.3 is 10.2 Å². The molecule has 0 saturated heterocycles. The molecule has 0 rings (SSSR count). The van der Waals surface area contributed by atoms with Gasteiger partial charge in [0.15, 0.2) is 0 Å². The SMILES string of the molecule is O=C(O)/C=C\S(=O)/C=C\C(=O)O. The highest BCUT2D eigenvalue weighted by Crippen LogP contribution is 1.87. The third kappa shape index (κ3) is 6.69. The van der Waals surface area contributed by atoms with Crippen LogP contribution in [0.4, 0.5) is 0 Å². The second-order valence-corrected chi connectivity index (χ2v) is 2.81. The Balaban J connectivity index is 4.07. The van der Waals surface area contributed by atoms with Gasteiger partial charge in [0, 0.05) is 23.0 Å². The minimum absolute atomic E-state index is 0.683. The first-order valence-electron chi connectivity index (χ1n) is 2.74. The maximum absolute atomic E-state index is 10.7. The summed E-state index contributed by atoms with van der Waals surface area (Å²) in [6, 6.07) is 0. The number of carboxylic acids is 2. The fourth-order valence-corrected chi connectivity index (χ4v) is 0.888. The summed E-state index contributed by atoms with van der Waals surface area (Å²) in [7, 11) is -1.68. The highest BCUT2D eigenvalue weighted by atomic mass is 32.2. The van der Waals surface area contributed by atoms with Gasteiger partial charge in [-0.1, -0.05) is 0 Å². The van der Waals surface area contributed by atoms with E-state index in [9.17, 15) is 13.8 Å². The molecule has 5 nitrogen and oxygen atoms in total. The van der Waals surface area contributed by atoms with E-state index >= 15 is 0 Å². The van der Waals surface area contributed by atoms with Crippen molar-refractivity contribution < 1.29 is 24.0 Å². The highest BCUT2D eigenvalue weighted by molar-refractivity contribution is 7.90. The standard InChI is InChI=1S/C6H6O5S/c7-5(8)1-3-12(11)4-2-6(9)10/h1-4H,(H,7,8)(H,9,10)/b3-1-,4-2-. The van der Waals surface area contributed by atoms with Crippen LogP contribution in [0, 0.1) is 0 Å². The second-order valence-electron chi connectivity index (χ2n) is 1.61. The van der Waals surface area contributed by atoms with E-state index in [-0.39, 0.29) is 0 Å². The molecule has 2 N–H and O–H groups in total. The minimum Gasteiger partial charge on any atom is -0.478 e. The average molecular weight is 190 g/mol. The normalized spacial score (nSPS) is 11.4. The summed E-state index contributed by atoms with van der Waals surface area (Å²) in [6.07, 6.45) is 1.37. The van der Waals surface area contributed by atoms with E-state index in [2.05, 4.69) is 0 Å². The van der Waals surface area contributed by atoms with Crippen molar-refractivity contribution in [2.24, 2.45) is 0 Å². The second kappa shape index (κ2) is 5.25. The van der Waals surface area contributed by atoms with Crippen LogP contribution in [0.25, 0.3) is 0 Å². The van der Waals surface area contributed by atoms with Gasteiger partial charge in [-0.3, -0.25) is 4.21 Å². The molecule has 0 heterocycles. The number of hydrogen-bond donors (Lipinski definition) is 2. The summed E-state index contributed by atoms with van der Waals surface area (Å²) in [4.78, 5) is 19.8. The highest BCUT2D eigenvalue weighted by Gasteiger charge is 1.91. The van der Waals surface area contributed by atoms with Crippen molar-refractivity contribution in [1.29, 1.82) is 0 Å². The maximum Gasteiger partial charge on any atom is 0.328 e. The Kier molecular flexibility index (Phi) is 4.62. The molecule has 0 aromatic rings. The molecule has 12 heavy (non-hydrogen) atoms. The zero-order valence-corrected chi connectivity index (χ0v) is 6.65. The molecule has 0 aliphatic carbocycles. The third-order valence-corrected chi connectivity index (χ3v) is 1.50. The third-order valence-electron chi connectivity index (χ3n) is 0.689. The monoisotopic (exact) mass is 190 g/mol. The topological polar surface area (TPSA) is 91.7 Å². The number of rotatable bonds is 4. The van der Waals surface area contributed by atoms with Gasteiger partial charge in [0.25, 0.3) is 0 Å². The first-order chi connectivity index (χ1) is 5.52. The van der Waals surface area contributed by atoms with Crippen LogP contribution in [0.2, 0.25) is 0 Å². The lowest BCUT2D eigenvalue weighted by atomic mass is 10.7. The van der Waals surface area contributed by atoms with Gasteiger partial charge in [-0.25, -0.2) is 9.59 Å². The van der Waals surface area contributed by atoms with E-state index in [0.717, 1.165) is 10.8 Å². The molecule has 6 heteroatoms. The van der Waals surface area contributed by atoms with Gasteiger partial charge in [0.2, 0.25) is 0 Å². The molecule has 0 aliphatic rings. The molecule has 66 valence electrons. The summed E-state index contributed by atoms with van der Waals surface area (Å²) in [5.41, 5.74) is 0. The number of carbonyl (C=O) groups is 2. The quantitative estimate of drug-likeness (QED) is 0.605. The van der Waals surface area contributed by atoms with E-state index in [1.54, 1.807) is 0 Å². The van der Waals surface area contributed by atoms with Crippen molar-refractivity contribution in [2.75, 3.05) is 0 Å². The van der Waals surface area contributed by atoms with Crippen molar-refractivity contribution >= 4 is 22.7 Å². The molecule has 0 radical (unpaired) electrons. The lowest BCUT2D eigenvalue weighted by molar-refractivity contribution is -0.132. The molecule has 0 atom stereocenters. The van der Waals surface area contributed by atoms with Crippen LogP contribution in [0.3, 0.4) is 0 Å². The zero-order valence-electron chi connectivity index (χ0n) is 5.84. The van der Waals surface area contributed by atoms with E-state index in [4.69, 9.17) is 10.2 Å². The van der Waals surface area contributed by atoms with Crippen molar-refractivity contribution in [3.8, 4) is 0 Å². The van der Waals surface area contributed by atoms with Gasteiger partial charge in [0.1, 0.15) is 0 Å². The first-order valence-corrected chi connectivity index (χ1v) is 4.01. The van der Waals surface area contributed by atoms with Crippen molar-refractivity contribution in [3.05, 3.63) is 23.0 Å². The maximum atomic E-state index is 10.7. The van der Waals surface area contributed by atoms with Gasteiger partial charge in [-0.15, -0.1) is 0 Å². The average Bonchev–Trinajstić information content (AvgIpc) is 1.96. The summed E-state index contributed by atoms with van der Waals surface area (Å²) in [5.74, 6) is -2.46. The molecule has 0 fully saturated rings. The Labute approximate surface area is 70.5 Å². The molecule has 0 unspecified atom stereocenters. The van der Waals surface area contributed by atoms with Gasteiger partial charge in [-0.2, -0.15) is 0 Å². The number of hydrogen-bond acceptors (Lipinski definition) is 3. The van der Waals surface area contributed by atoms with Crippen LogP contribution in [-0.2, 0) is 20.4 Å². The Morgan fingerprint density at radius 3 is 1.58 bits per heavy atom. The largest absolute Gasteiger partial charge is 0.478 e. The predicted molar refractivity (Wildman–Crippen MR) is 41.7 cm³/mol. The van der Waals surface area contributed by atoms with Crippen LogP contribution in [-0.4, -0.2) is 26.4 Å². The first kappa shape index (κ1) is 10.6. The Bertz CT molecular complexity index is 239. The number of carboxylic acid groups (broad SMARTS) is 2. The van der Waals surface area contributed by atoms with Crippen LogP contribution >= 0.6 is 0 Å². The summed E-state index contributed by atoms with van der Waals surface area (Å²) < 4.78 is 10.7. The smallest absolute Gasteiger partial charge is 0.328 e. The molecule has 0 spiro atoms. The van der Waals surface area contributed by atoms with Crippen LogP contribution in [0.15, 0.2) is 23.0 Å². The van der Waals surface area contributed by atoms with Crippen LogP contribution in [0.1, 0.15) is 0 Å². The molecule has 0 bridgehead atoms. The molecular weight excluding hydrogens is 184 g/mol. The van der Waals surface area contributed by atoms with Crippen molar-refractivity contribution in [3.63, 3.8) is 0 Å². The molecule has 0 aromatic heterocycles. The summed E-state index contributed by atoms with van der Waals surface area (Å²) in [6.45, 7) is 0. The minimum atomic E-state index is -1.68. The number of aliphatic carboxylic acids is 2. The lowest BCUT2D eigenvalue weighted by Gasteiger charge is -1.81. The van der Waals surface area contributed by atoms with Gasteiger partial charge in [0.05, 0.1) is 10.8 Å². The zero-order chi connectivity index (χ0) is 9.56. The van der Waals surface area contributed by atoms with E-state index in [1.165, 1.54) is 0 Å². The predicted octanol–water partition coefficient (Wildman–Crippen LogP) is -0.0683. The van der Waals surface area contributed by atoms with Crippen molar-refractivity contribution in [1.82, 2.24) is 0 Å². The van der Waals surface area contributed by atoms with Crippen LogP contribution in [0.5, 0.6) is 0 Å². The van der Waals surface area contributed by atoms with Crippen molar-refractivity contribution in [2.45, 2.75) is 0 Å². The Hall–Kier alpha value is -1.43. The van der Waals surface area contributed by atoms with Gasteiger partial charge in [-0.05, 0) is 0 Å². The lowest BCUT2D eigenvalue weighted by Crippen LogP contribution is -1.90. The Morgan fingerprint density at radius 1 is 1.00 bits per heavy atom. The molecule has 0 aromatic carbocycles. The Morgan fingerprint density at radius 2 is 1.33 bits per heavy atom. The molecule has 0 amide bonds. The fourth-order valence-electron chi connectivity index (χ4n) is 0.296. The molecule has 0 aliphatic heterocycles. The van der Waals surface area contributed by atoms with E-state index in [0.29, 0.717) is 12.2 Å². The molecule has 0 saturated carbocycles. The van der Waals surface area contributed by atoms with Gasteiger partial charge >= 0.3 is 11.9 Å². The molecular formula is C6H6O5S. The summed E-state index contributed by atoms with van der Waals surface area (Å²) in [5, 5.41) is 17.9. The van der Waals surface area contributed by atoms with E-state index < -0.39 is 22.7 Å². The van der Waals surface area contributed by atoms with E-state index in [1.807, 2.05) is 0 Å².